The van der Waals surface area contributed by atoms with Crippen molar-refractivity contribution in [3.05, 3.63) is 83.2 Å². The van der Waals surface area contributed by atoms with Gasteiger partial charge in [0.1, 0.15) is 0 Å². The van der Waals surface area contributed by atoms with Gasteiger partial charge in [0.25, 0.3) is 5.78 Å². The normalized spacial score (nSPS) is 10.9. The van der Waals surface area contributed by atoms with Gasteiger partial charge in [0.2, 0.25) is 5.95 Å². The number of hydrogen-bond acceptors (Lipinski definition) is 7. The van der Waals surface area contributed by atoms with Crippen molar-refractivity contribution < 1.29 is 9.59 Å². The van der Waals surface area contributed by atoms with Crippen LogP contribution < -0.4 is 5.73 Å². The zero-order chi connectivity index (χ0) is 19.5. The van der Waals surface area contributed by atoms with E-state index in [1.54, 1.807) is 48.5 Å². The fourth-order valence-corrected chi connectivity index (χ4v) is 2.85. The summed E-state index contributed by atoms with van der Waals surface area (Å²) in [7, 11) is 0. The number of nitrogens with zero attached hydrogens (tertiary/aromatic N) is 5. The van der Waals surface area contributed by atoms with E-state index < -0.39 is 0 Å². The van der Waals surface area contributed by atoms with Crippen LogP contribution in [0.4, 0.5) is 5.95 Å². The van der Waals surface area contributed by atoms with Gasteiger partial charge in [0.15, 0.2) is 11.6 Å². The summed E-state index contributed by atoms with van der Waals surface area (Å²) in [4.78, 5) is 29.7. The Morgan fingerprint density at radius 2 is 1.32 bits per heavy atom. The summed E-state index contributed by atoms with van der Waals surface area (Å²) in [5.41, 5.74) is 7.64. The zero-order valence-electron chi connectivity index (χ0n) is 14.8. The smallest absolute Gasteiger partial charge is 0.273 e. The average molecular weight is 372 g/mol. The third kappa shape index (κ3) is 3.48. The topological polar surface area (TPSA) is 116 Å². The Labute approximate surface area is 160 Å². The molecule has 4 rings (SSSR count). The molecule has 0 unspecified atom stereocenters. The highest BCUT2D eigenvalue weighted by atomic mass is 16.1. The number of Topliss-reactive ketones (excluding diaryl/α,β-unsaturated/α-hetero) is 2. The molecule has 2 aromatic heterocycles. The van der Waals surface area contributed by atoms with Gasteiger partial charge in [0, 0.05) is 11.1 Å². The quantitative estimate of drug-likeness (QED) is 0.514. The number of rotatable bonds is 6. The largest absolute Gasteiger partial charge is 0.366 e. The van der Waals surface area contributed by atoms with Crippen molar-refractivity contribution >= 4 is 23.3 Å². The number of nitrogen functional groups attached to an aromatic ring is 1. The molecule has 28 heavy (non-hydrogen) atoms. The first-order chi connectivity index (χ1) is 13.6. The maximum atomic E-state index is 12.7. The van der Waals surface area contributed by atoms with E-state index in [4.69, 9.17) is 5.73 Å². The molecule has 8 nitrogen and oxygen atoms in total. The van der Waals surface area contributed by atoms with E-state index in [2.05, 4.69) is 20.3 Å². The van der Waals surface area contributed by atoms with Gasteiger partial charge in [-0.25, -0.2) is 4.98 Å². The number of nitrogens with two attached hydrogens (primary N) is 1. The van der Waals surface area contributed by atoms with E-state index >= 15 is 0 Å². The molecule has 8 heteroatoms. The molecule has 0 aliphatic rings. The van der Waals surface area contributed by atoms with Crippen LogP contribution in [0.5, 0.6) is 0 Å². The highest BCUT2D eigenvalue weighted by Gasteiger charge is 2.19. The van der Waals surface area contributed by atoms with Crippen LogP contribution in [0.2, 0.25) is 0 Å². The number of fused-ring (bicyclic) bond motifs is 1. The molecule has 0 saturated carbocycles. The van der Waals surface area contributed by atoms with Crippen LogP contribution in [0.3, 0.4) is 0 Å². The zero-order valence-corrected chi connectivity index (χ0v) is 14.8. The Kier molecular flexibility index (Phi) is 4.59. The van der Waals surface area contributed by atoms with Crippen LogP contribution in [0, 0.1) is 0 Å². The maximum Gasteiger partial charge on any atom is 0.273 e. The summed E-state index contributed by atoms with van der Waals surface area (Å²) in [5.74, 6) is -0.00410. The first-order valence-corrected chi connectivity index (χ1v) is 8.65. The minimum atomic E-state index is -0.130. The Morgan fingerprint density at radius 3 is 1.89 bits per heavy atom. The summed E-state index contributed by atoms with van der Waals surface area (Å²) in [6.07, 6.45) is -0.0142. The highest BCUT2D eigenvalue weighted by Crippen LogP contribution is 2.14. The molecule has 0 atom stereocenters. The molecule has 0 aliphatic heterocycles. The molecule has 138 valence electrons. The standard InChI is InChI=1S/C20H16N6O2/c21-19-23-24-20-22-15(11-17(27)13-7-3-1-4-8-13)16(25-26(19)20)12-18(28)14-9-5-2-6-10-14/h1-10H,11-12H2,(H2,21,23). The molecule has 2 N–H and O–H groups in total. The number of anilines is 1. The lowest BCUT2D eigenvalue weighted by Crippen LogP contribution is -2.16. The summed E-state index contributed by atoms with van der Waals surface area (Å²) in [5, 5.41) is 12.0. The molecule has 0 saturated heterocycles. The van der Waals surface area contributed by atoms with E-state index in [0.29, 0.717) is 22.5 Å². The second kappa shape index (κ2) is 7.36. The molecule has 0 spiro atoms. The third-order valence-corrected chi connectivity index (χ3v) is 4.28. The van der Waals surface area contributed by atoms with Gasteiger partial charge < -0.3 is 5.73 Å². The molecule has 2 aromatic carbocycles. The van der Waals surface area contributed by atoms with Crippen molar-refractivity contribution in [1.82, 2.24) is 24.8 Å². The van der Waals surface area contributed by atoms with Crippen molar-refractivity contribution in [3.63, 3.8) is 0 Å². The van der Waals surface area contributed by atoms with Crippen LogP contribution in [-0.2, 0) is 12.8 Å². The van der Waals surface area contributed by atoms with Crippen molar-refractivity contribution in [1.29, 1.82) is 0 Å². The minimum absolute atomic E-state index is 0.00230. The molecule has 2 heterocycles. The number of carbonyl (C=O) groups excluding carboxylic acids is 2. The van der Waals surface area contributed by atoms with E-state index in [-0.39, 0.29) is 36.1 Å². The van der Waals surface area contributed by atoms with Gasteiger partial charge in [-0.1, -0.05) is 60.7 Å². The Bertz CT molecular complexity index is 1160. The van der Waals surface area contributed by atoms with Crippen LogP contribution >= 0.6 is 0 Å². The third-order valence-electron chi connectivity index (χ3n) is 4.28. The predicted octanol–water partition coefficient (Wildman–Crippen LogP) is 1.95. The lowest BCUT2D eigenvalue weighted by atomic mass is 10.0. The molecule has 0 radical (unpaired) electrons. The van der Waals surface area contributed by atoms with Crippen LogP contribution in [0.25, 0.3) is 5.78 Å². The van der Waals surface area contributed by atoms with Gasteiger partial charge in [-0.2, -0.15) is 9.61 Å². The summed E-state index contributed by atoms with van der Waals surface area (Å²) >= 11 is 0. The van der Waals surface area contributed by atoms with Gasteiger partial charge in [-0.15, -0.1) is 10.2 Å². The SMILES string of the molecule is Nc1nnc2nc(CC(=O)c3ccccc3)c(CC(=O)c3ccccc3)nn12. The molecule has 0 amide bonds. The summed E-state index contributed by atoms with van der Waals surface area (Å²) in [6.45, 7) is 0. The molecular weight excluding hydrogens is 356 g/mol. The second-order valence-electron chi connectivity index (χ2n) is 6.21. The monoisotopic (exact) mass is 372 g/mol. The predicted molar refractivity (Wildman–Crippen MR) is 102 cm³/mol. The van der Waals surface area contributed by atoms with Crippen molar-refractivity contribution in [2.45, 2.75) is 12.8 Å². The lowest BCUT2D eigenvalue weighted by molar-refractivity contribution is 0.0976. The minimum Gasteiger partial charge on any atom is -0.366 e. The number of aromatic nitrogens is 5. The van der Waals surface area contributed by atoms with E-state index in [9.17, 15) is 9.59 Å². The van der Waals surface area contributed by atoms with Crippen LogP contribution in [-0.4, -0.2) is 36.4 Å². The number of ketones is 2. The van der Waals surface area contributed by atoms with Gasteiger partial charge >= 0.3 is 0 Å². The average Bonchev–Trinajstić information content (AvgIpc) is 3.09. The summed E-state index contributed by atoms with van der Waals surface area (Å²) < 4.78 is 1.27. The fourth-order valence-electron chi connectivity index (χ4n) is 2.85. The van der Waals surface area contributed by atoms with Crippen molar-refractivity contribution in [3.8, 4) is 0 Å². The fraction of sp³-hybridized carbons (Fsp3) is 0.100. The van der Waals surface area contributed by atoms with E-state index in [1.165, 1.54) is 4.52 Å². The van der Waals surface area contributed by atoms with Gasteiger partial charge in [-0.3, -0.25) is 9.59 Å². The second-order valence-corrected chi connectivity index (χ2v) is 6.21. The van der Waals surface area contributed by atoms with Gasteiger partial charge in [0.05, 0.1) is 24.2 Å². The van der Waals surface area contributed by atoms with Gasteiger partial charge in [-0.05, 0) is 0 Å². The summed E-state index contributed by atoms with van der Waals surface area (Å²) in [6, 6.07) is 17.8. The molecule has 0 fully saturated rings. The van der Waals surface area contributed by atoms with Crippen molar-refractivity contribution in [2.24, 2.45) is 0 Å². The molecule has 0 aliphatic carbocycles. The Balaban J connectivity index is 1.71. The number of hydrogen-bond donors (Lipinski definition) is 1. The maximum absolute atomic E-state index is 12.7. The molecule has 0 bridgehead atoms. The first-order valence-electron chi connectivity index (χ1n) is 8.65. The number of carbonyl (C=O) groups is 2. The number of benzene rings is 2. The molecule has 4 aromatic rings. The molecular formula is C20H16N6O2. The van der Waals surface area contributed by atoms with E-state index in [1.807, 2.05) is 12.1 Å². The first kappa shape index (κ1) is 17.5. The Hall–Kier alpha value is -3.94. The van der Waals surface area contributed by atoms with Crippen LogP contribution in [0.1, 0.15) is 32.1 Å². The lowest BCUT2D eigenvalue weighted by Gasteiger charge is -2.08. The highest BCUT2D eigenvalue weighted by molar-refractivity contribution is 5.99. The van der Waals surface area contributed by atoms with Crippen LogP contribution in [0.15, 0.2) is 60.7 Å². The van der Waals surface area contributed by atoms with E-state index in [0.717, 1.165) is 0 Å². The Morgan fingerprint density at radius 1 is 0.786 bits per heavy atom. The van der Waals surface area contributed by atoms with Crippen molar-refractivity contribution in [2.75, 3.05) is 5.73 Å².